The van der Waals surface area contributed by atoms with Crippen LogP contribution in [0.2, 0.25) is 5.15 Å². The van der Waals surface area contributed by atoms with Gasteiger partial charge in [-0.3, -0.25) is 0 Å². The summed E-state index contributed by atoms with van der Waals surface area (Å²) < 4.78 is 5.13. The van der Waals surface area contributed by atoms with Crippen LogP contribution in [-0.4, -0.2) is 16.7 Å². The summed E-state index contributed by atoms with van der Waals surface area (Å²) in [4.78, 5) is 15.5. The third kappa shape index (κ3) is 5.04. The molecule has 1 aromatic heterocycles. The minimum atomic E-state index is -0.489. The van der Waals surface area contributed by atoms with Crippen LogP contribution < -0.4 is 5.32 Å². The van der Waals surface area contributed by atoms with Gasteiger partial charge in [0.05, 0.1) is 0 Å². The van der Waals surface area contributed by atoms with Crippen molar-refractivity contribution in [2.45, 2.75) is 39.8 Å². The summed E-state index contributed by atoms with van der Waals surface area (Å²) in [7, 11) is 0. The maximum absolute atomic E-state index is 11.4. The molecule has 0 saturated heterocycles. The fourth-order valence-corrected chi connectivity index (χ4v) is 1.42. The number of aromatic nitrogens is 1. The molecule has 0 radical (unpaired) electrons. The monoisotopic (exact) mass is 256 g/mol. The van der Waals surface area contributed by atoms with E-state index in [2.05, 4.69) is 10.3 Å². The molecule has 0 fully saturated rings. The average Bonchev–Trinajstić information content (AvgIpc) is 2.13. The molecule has 0 aliphatic heterocycles. The van der Waals surface area contributed by atoms with Crippen molar-refractivity contribution in [3.8, 4) is 0 Å². The van der Waals surface area contributed by atoms with E-state index < -0.39 is 11.7 Å². The molecule has 1 rings (SSSR count). The van der Waals surface area contributed by atoms with Crippen LogP contribution in [0.15, 0.2) is 12.1 Å². The van der Waals surface area contributed by atoms with Crippen LogP contribution in [0.25, 0.3) is 0 Å². The largest absolute Gasteiger partial charge is 0.444 e. The molecule has 5 heteroatoms. The Morgan fingerprint density at radius 2 is 2.12 bits per heavy atom. The Balaban J connectivity index is 2.53. The van der Waals surface area contributed by atoms with Crippen molar-refractivity contribution in [1.82, 2.24) is 10.3 Å². The summed E-state index contributed by atoms with van der Waals surface area (Å²) in [6.45, 7) is 7.69. The molecule has 0 atom stereocenters. The van der Waals surface area contributed by atoms with E-state index >= 15 is 0 Å². The molecule has 0 saturated carbocycles. The lowest BCUT2D eigenvalue weighted by atomic mass is 10.2. The molecule has 17 heavy (non-hydrogen) atoms. The molecule has 94 valence electrons. The van der Waals surface area contributed by atoms with Gasteiger partial charge in [0.15, 0.2) is 0 Å². The highest BCUT2D eigenvalue weighted by Crippen LogP contribution is 2.11. The van der Waals surface area contributed by atoms with Gasteiger partial charge in [-0.05, 0) is 39.3 Å². The Morgan fingerprint density at radius 3 is 2.65 bits per heavy atom. The molecule has 1 aromatic rings. The van der Waals surface area contributed by atoms with E-state index in [-0.39, 0.29) is 0 Å². The Bertz CT molecular complexity index is 413. The zero-order valence-corrected chi connectivity index (χ0v) is 11.3. The van der Waals surface area contributed by atoms with Gasteiger partial charge in [0.1, 0.15) is 10.8 Å². The first kappa shape index (κ1) is 13.8. The van der Waals surface area contributed by atoms with Crippen LogP contribution in [-0.2, 0) is 11.3 Å². The summed E-state index contributed by atoms with van der Waals surface area (Å²) in [6, 6.07) is 3.53. The smallest absolute Gasteiger partial charge is 0.407 e. The van der Waals surface area contributed by atoms with E-state index in [1.54, 1.807) is 6.07 Å². The maximum atomic E-state index is 11.4. The van der Waals surface area contributed by atoms with Gasteiger partial charge >= 0.3 is 6.09 Å². The zero-order chi connectivity index (χ0) is 13.1. The molecule has 0 unspecified atom stereocenters. The van der Waals surface area contributed by atoms with Crippen molar-refractivity contribution in [2.24, 2.45) is 0 Å². The fraction of sp³-hybridized carbons (Fsp3) is 0.500. The predicted octanol–water partition coefficient (Wildman–Crippen LogP) is 3.07. The number of rotatable bonds is 2. The first-order chi connectivity index (χ1) is 7.78. The third-order valence-corrected chi connectivity index (χ3v) is 2.19. The van der Waals surface area contributed by atoms with Crippen molar-refractivity contribution in [1.29, 1.82) is 0 Å². The lowest BCUT2D eigenvalue weighted by molar-refractivity contribution is 0.0523. The molecule has 1 N–H and O–H groups in total. The minimum absolute atomic E-state index is 0.380. The first-order valence-electron chi connectivity index (χ1n) is 5.37. The topological polar surface area (TPSA) is 51.2 Å². The Hall–Kier alpha value is -1.29. The molecule has 1 amide bonds. The Kier molecular flexibility index (Phi) is 4.34. The Labute approximate surface area is 106 Å². The van der Waals surface area contributed by atoms with Gasteiger partial charge in [-0.15, -0.1) is 0 Å². The van der Waals surface area contributed by atoms with Crippen LogP contribution in [0.5, 0.6) is 0 Å². The van der Waals surface area contributed by atoms with Crippen LogP contribution >= 0.6 is 11.6 Å². The van der Waals surface area contributed by atoms with Crippen molar-refractivity contribution in [3.05, 3.63) is 28.5 Å². The number of aryl methyl sites for hydroxylation is 1. The number of carbonyl (C=O) groups is 1. The number of ether oxygens (including phenoxy) is 1. The number of alkyl carbamates (subject to hydrolysis) is 1. The molecular formula is C12H17ClN2O2. The van der Waals surface area contributed by atoms with Crippen LogP contribution in [0, 0.1) is 6.92 Å². The average molecular weight is 257 g/mol. The van der Waals surface area contributed by atoms with Gasteiger partial charge in [0.25, 0.3) is 0 Å². The van der Waals surface area contributed by atoms with E-state index in [0.717, 1.165) is 11.3 Å². The normalized spacial score (nSPS) is 11.1. The van der Waals surface area contributed by atoms with Gasteiger partial charge in [0.2, 0.25) is 0 Å². The van der Waals surface area contributed by atoms with E-state index in [1.807, 2.05) is 33.8 Å². The number of halogens is 1. The van der Waals surface area contributed by atoms with E-state index in [0.29, 0.717) is 11.7 Å². The highest BCUT2D eigenvalue weighted by Gasteiger charge is 2.15. The molecule has 0 aliphatic rings. The standard InChI is InChI=1S/C12H17ClN2O2/c1-8-9(5-6-10(13)15-8)7-14-11(16)17-12(2,3)4/h5-6H,7H2,1-4H3,(H,14,16). The number of carbonyl (C=O) groups excluding carboxylic acids is 1. The molecular weight excluding hydrogens is 240 g/mol. The number of nitrogens with zero attached hydrogens (tertiary/aromatic N) is 1. The maximum Gasteiger partial charge on any atom is 0.407 e. The number of hydrogen-bond acceptors (Lipinski definition) is 3. The number of pyridine rings is 1. The highest BCUT2D eigenvalue weighted by atomic mass is 35.5. The second-order valence-corrected chi connectivity index (χ2v) is 5.12. The number of nitrogens with one attached hydrogen (secondary N) is 1. The van der Waals surface area contributed by atoms with E-state index in [9.17, 15) is 4.79 Å². The zero-order valence-electron chi connectivity index (χ0n) is 10.5. The lowest BCUT2D eigenvalue weighted by Gasteiger charge is -2.19. The Morgan fingerprint density at radius 1 is 1.47 bits per heavy atom. The first-order valence-corrected chi connectivity index (χ1v) is 5.74. The summed E-state index contributed by atoms with van der Waals surface area (Å²) in [5.41, 5.74) is 1.23. The molecule has 4 nitrogen and oxygen atoms in total. The van der Waals surface area contributed by atoms with Gasteiger partial charge in [-0.2, -0.15) is 0 Å². The molecule has 1 heterocycles. The van der Waals surface area contributed by atoms with Gasteiger partial charge in [-0.25, -0.2) is 9.78 Å². The second kappa shape index (κ2) is 5.36. The SMILES string of the molecule is Cc1nc(Cl)ccc1CNC(=O)OC(C)(C)C. The third-order valence-electron chi connectivity index (χ3n) is 1.98. The van der Waals surface area contributed by atoms with Crippen molar-refractivity contribution in [3.63, 3.8) is 0 Å². The van der Waals surface area contributed by atoms with Crippen molar-refractivity contribution >= 4 is 17.7 Å². The van der Waals surface area contributed by atoms with Gasteiger partial charge in [0, 0.05) is 12.2 Å². The van der Waals surface area contributed by atoms with E-state index in [4.69, 9.17) is 16.3 Å². The van der Waals surface area contributed by atoms with Crippen LogP contribution in [0.3, 0.4) is 0 Å². The second-order valence-electron chi connectivity index (χ2n) is 4.73. The molecule has 0 aromatic carbocycles. The van der Waals surface area contributed by atoms with Crippen molar-refractivity contribution in [2.75, 3.05) is 0 Å². The van der Waals surface area contributed by atoms with Gasteiger partial charge < -0.3 is 10.1 Å². The number of amides is 1. The summed E-state index contributed by atoms with van der Waals surface area (Å²) in [6.07, 6.45) is -0.438. The molecule has 0 aliphatic carbocycles. The quantitative estimate of drug-likeness (QED) is 0.828. The summed E-state index contributed by atoms with van der Waals surface area (Å²) in [5, 5.41) is 3.12. The molecule has 0 bridgehead atoms. The highest BCUT2D eigenvalue weighted by molar-refractivity contribution is 6.29. The molecule has 0 spiro atoms. The van der Waals surface area contributed by atoms with Gasteiger partial charge in [-0.1, -0.05) is 17.7 Å². The predicted molar refractivity (Wildman–Crippen MR) is 67.1 cm³/mol. The lowest BCUT2D eigenvalue weighted by Crippen LogP contribution is -2.32. The fourth-order valence-electron chi connectivity index (χ4n) is 1.23. The van der Waals surface area contributed by atoms with E-state index in [1.165, 1.54) is 0 Å². The summed E-state index contributed by atoms with van der Waals surface area (Å²) in [5.74, 6) is 0. The van der Waals surface area contributed by atoms with Crippen LogP contribution in [0.1, 0.15) is 32.0 Å². The van der Waals surface area contributed by atoms with Crippen molar-refractivity contribution < 1.29 is 9.53 Å². The minimum Gasteiger partial charge on any atom is -0.444 e. The van der Waals surface area contributed by atoms with Crippen LogP contribution in [0.4, 0.5) is 4.79 Å². The summed E-state index contributed by atoms with van der Waals surface area (Å²) >= 11 is 5.74. The number of hydrogen-bond donors (Lipinski definition) is 1.